The first-order valence-corrected chi connectivity index (χ1v) is 9.29. The molecule has 0 aliphatic heterocycles. The highest BCUT2D eigenvalue weighted by molar-refractivity contribution is 5.22. The summed E-state index contributed by atoms with van der Waals surface area (Å²) in [4.78, 5) is 0. The van der Waals surface area contributed by atoms with Crippen molar-refractivity contribution in [3.8, 4) is 0 Å². The standard InChI is InChI=1S/C21H28F2/c1-2-3-15-4-6-16(7-5-15)17-8-10-18(11-9-17)19-12-20(22)14-21(23)13-19/h4,12-14,16-18H,2-3,5-11H2,1H3. The third-order valence-corrected chi connectivity index (χ3v) is 5.91. The van der Waals surface area contributed by atoms with Crippen LogP contribution in [-0.4, -0.2) is 0 Å². The van der Waals surface area contributed by atoms with Crippen LogP contribution >= 0.6 is 0 Å². The second-order valence-electron chi connectivity index (χ2n) is 7.46. The van der Waals surface area contributed by atoms with E-state index < -0.39 is 11.6 Å². The Bertz CT molecular complexity index is 533. The fourth-order valence-electron chi connectivity index (χ4n) is 4.62. The number of halogens is 2. The molecular weight excluding hydrogens is 290 g/mol. The van der Waals surface area contributed by atoms with Crippen LogP contribution in [0.4, 0.5) is 8.78 Å². The van der Waals surface area contributed by atoms with E-state index in [4.69, 9.17) is 0 Å². The van der Waals surface area contributed by atoms with Gasteiger partial charge >= 0.3 is 0 Å². The van der Waals surface area contributed by atoms with Gasteiger partial charge in [0, 0.05) is 6.07 Å². The SMILES string of the molecule is CCCC1=CCC(C2CCC(c3cc(F)cc(F)c3)CC2)CC1. The van der Waals surface area contributed by atoms with Gasteiger partial charge < -0.3 is 0 Å². The number of hydrogen-bond acceptors (Lipinski definition) is 0. The van der Waals surface area contributed by atoms with Crippen molar-refractivity contribution in [2.24, 2.45) is 11.8 Å². The minimum atomic E-state index is -0.442. The molecule has 0 spiro atoms. The number of hydrogen-bond donors (Lipinski definition) is 0. The van der Waals surface area contributed by atoms with E-state index in [0.29, 0.717) is 5.92 Å². The minimum absolute atomic E-state index is 0.339. The van der Waals surface area contributed by atoms with E-state index in [2.05, 4.69) is 13.0 Å². The zero-order valence-corrected chi connectivity index (χ0v) is 14.2. The topological polar surface area (TPSA) is 0 Å². The molecule has 0 saturated heterocycles. The Hall–Kier alpha value is -1.18. The van der Waals surface area contributed by atoms with E-state index in [0.717, 1.165) is 36.3 Å². The summed E-state index contributed by atoms with van der Waals surface area (Å²) in [5, 5.41) is 0. The van der Waals surface area contributed by atoms with Gasteiger partial charge in [-0.15, -0.1) is 0 Å². The molecule has 2 heteroatoms. The largest absolute Gasteiger partial charge is 0.207 e. The van der Waals surface area contributed by atoms with Gasteiger partial charge in [-0.05, 0) is 86.8 Å². The molecule has 1 unspecified atom stereocenters. The molecule has 0 bridgehead atoms. The number of rotatable bonds is 4. The summed E-state index contributed by atoms with van der Waals surface area (Å²) in [7, 11) is 0. The molecule has 3 rings (SSSR count). The Labute approximate surface area is 139 Å². The van der Waals surface area contributed by atoms with Crippen LogP contribution in [-0.2, 0) is 0 Å². The van der Waals surface area contributed by atoms with Gasteiger partial charge in [-0.25, -0.2) is 8.78 Å². The van der Waals surface area contributed by atoms with Crippen molar-refractivity contribution in [1.82, 2.24) is 0 Å². The van der Waals surface area contributed by atoms with Crippen LogP contribution in [0.2, 0.25) is 0 Å². The predicted molar refractivity (Wildman–Crippen MR) is 91.4 cm³/mol. The Morgan fingerprint density at radius 2 is 1.61 bits per heavy atom. The summed E-state index contributed by atoms with van der Waals surface area (Å²) in [6.07, 6.45) is 13.5. The lowest BCUT2D eigenvalue weighted by Gasteiger charge is -2.35. The first-order valence-electron chi connectivity index (χ1n) is 9.29. The molecule has 0 N–H and O–H groups in total. The average molecular weight is 318 g/mol. The molecule has 0 aromatic heterocycles. The lowest BCUT2D eigenvalue weighted by molar-refractivity contribution is 0.216. The number of allylic oxidation sites excluding steroid dienone is 2. The fourth-order valence-corrected chi connectivity index (χ4v) is 4.62. The van der Waals surface area contributed by atoms with Crippen molar-refractivity contribution in [2.75, 3.05) is 0 Å². The molecule has 1 aromatic carbocycles. The maximum atomic E-state index is 13.4. The zero-order valence-electron chi connectivity index (χ0n) is 14.2. The second kappa shape index (κ2) is 7.59. The van der Waals surface area contributed by atoms with E-state index in [1.807, 2.05) is 0 Å². The second-order valence-corrected chi connectivity index (χ2v) is 7.46. The smallest absolute Gasteiger partial charge is 0.126 e. The average Bonchev–Trinajstić information content (AvgIpc) is 2.55. The van der Waals surface area contributed by atoms with Crippen molar-refractivity contribution in [1.29, 1.82) is 0 Å². The highest BCUT2D eigenvalue weighted by Gasteiger charge is 2.29. The summed E-state index contributed by atoms with van der Waals surface area (Å²) >= 11 is 0. The van der Waals surface area contributed by atoms with Gasteiger partial charge in [-0.2, -0.15) is 0 Å². The van der Waals surface area contributed by atoms with Gasteiger partial charge in [0.15, 0.2) is 0 Å². The van der Waals surface area contributed by atoms with Gasteiger partial charge in [0.05, 0.1) is 0 Å². The summed E-state index contributed by atoms with van der Waals surface area (Å²) in [6.45, 7) is 2.25. The lowest BCUT2D eigenvalue weighted by atomic mass is 9.70. The Morgan fingerprint density at radius 3 is 2.17 bits per heavy atom. The van der Waals surface area contributed by atoms with E-state index in [-0.39, 0.29) is 0 Å². The predicted octanol–water partition coefficient (Wildman–Crippen LogP) is 6.77. The summed E-state index contributed by atoms with van der Waals surface area (Å²) in [6, 6.07) is 4.01. The summed E-state index contributed by atoms with van der Waals surface area (Å²) < 4.78 is 26.8. The maximum Gasteiger partial charge on any atom is 0.126 e. The zero-order chi connectivity index (χ0) is 16.2. The van der Waals surface area contributed by atoms with Gasteiger partial charge in [-0.1, -0.05) is 25.0 Å². The minimum Gasteiger partial charge on any atom is -0.207 e. The molecule has 0 nitrogen and oxygen atoms in total. The first kappa shape index (κ1) is 16.7. The Kier molecular flexibility index (Phi) is 5.50. The fraction of sp³-hybridized carbons (Fsp3) is 0.619. The van der Waals surface area contributed by atoms with E-state index in [1.54, 1.807) is 5.57 Å². The Morgan fingerprint density at radius 1 is 0.913 bits per heavy atom. The van der Waals surface area contributed by atoms with E-state index >= 15 is 0 Å². The van der Waals surface area contributed by atoms with Gasteiger partial charge in [0.2, 0.25) is 0 Å². The van der Waals surface area contributed by atoms with Crippen LogP contribution in [0.15, 0.2) is 29.8 Å². The van der Waals surface area contributed by atoms with Crippen molar-refractivity contribution in [3.05, 3.63) is 47.0 Å². The van der Waals surface area contributed by atoms with Gasteiger partial charge in [0.25, 0.3) is 0 Å². The maximum absolute atomic E-state index is 13.4. The molecule has 1 saturated carbocycles. The highest BCUT2D eigenvalue weighted by Crippen LogP contribution is 2.43. The van der Waals surface area contributed by atoms with Crippen LogP contribution in [0.5, 0.6) is 0 Å². The monoisotopic (exact) mass is 318 g/mol. The quantitative estimate of drug-likeness (QED) is 0.538. The molecule has 0 radical (unpaired) electrons. The normalized spacial score (nSPS) is 28.5. The van der Waals surface area contributed by atoms with Crippen LogP contribution in [0.25, 0.3) is 0 Å². The summed E-state index contributed by atoms with van der Waals surface area (Å²) in [5.74, 6) is 1.10. The van der Waals surface area contributed by atoms with Crippen LogP contribution in [0.1, 0.15) is 76.2 Å². The molecule has 1 aromatic rings. The third-order valence-electron chi connectivity index (χ3n) is 5.91. The molecule has 126 valence electrons. The molecule has 23 heavy (non-hydrogen) atoms. The van der Waals surface area contributed by atoms with Crippen LogP contribution < -0.4 is 0 Å². The molecule has 1 fully saturated rings. The van der Waals surface area contributed by atoms with Crippen LogP contribution in [0, 0.1) is 23.5 Å². The van der Waals surface area contributed by atoms with Crippen molar-refractivity contribution < 1.29 is 8.78 Å². The molecule has 2 aliphatic carbocycles. The molecule has 0 amide bonds. The molecular formula is C21H28F2. The van der Waals surface area contributed by atoms with E-state index in [9.17, 15) is 8.78 Å². The van der Waals surface area contributed by atoms with Crippen molar-refractivity contribution >= 4 is 0 Å². The number of benzene rings is 1. The third kappa shape index (κ3) is 4.22. The molecule has 1 atom stereocenters. The Balaban J connectivity index is 1.55. The van der Waals surface area contributed by atoms with Crippen LogP contribution in [0.3, 0.4) is 0 Å². The molecule has 0 heterocycles. The lowest BCUT2D eigenvalue weighted by Crippen LogP contribution is -2.22. The molecule has 2 aliphatic rings. The van der Waals surface area contributed by atoms with Gasteiger partial charge in [0.1, 0.15) is 11.6 Å². The van der Waals surface area contributed by atoms with E-state index in [1.165, 1.54) is 57.1 Å². The first-order chi connectivity index (χ1) is 11.2. The summed E-state index contributed by atoms with van der Waals surface area (Å²) in [5.41, 5.74) is 2.52. The van der Waals surface area contributed by atoms with Gasteiger partial charge in [-0.3, -0.25) is 0 Å². The highest BCUT2D eigenvalue weighted by atomic mass is 19.1. The van der Waals surface area contributed by atoms with Crippen molar-refractivity contribution in [2.45, 2.75) is 70.6 Å². The van der Waals surface area contributed by atoms with Crippen molar-refractivity contribution in [3.63, 3.8) is 0 Å².